The van der Waals surface area contributed by atoms with Crippen molar-refractivity contribution in [2.24, 2.45) is 0 Å². The smallest absolute Gasteiger partial charge is 0.229 e. The van der Waals surface area contributed by atoms with Crippen LogP contribution in [0.15, 0.2) is 36.5 Å². The van der Waals surface area contributed by atoms with Crippen molar-refractivity contribution in [3.63, 3.8) is 0 Å². The summed E-state index contributed by atoms with van der Waals surface area (Å²) in [7, 11) is 0. The van der Waals surface area contributed by atoms with Gasteiger partial charge in [0, 0.05) is 30.5 Å². The van der Waals surface area contributed by atoms with Gasteiger partial charge in [-0.05, 0) is 37.1 Å². The first-order valence-electron chi connectivity index (χ1n) is 8.43. The molecule has 1 fully saturated rings. The second-order valence-corrected chi connectivity index (χ2v) is 6.13. The van der Waals surface area contributed by atoms with Crippen LogP contribution in [0.4, 0.5) is 23.1 Å². The van der Waals surface area contributed by atoms with E-state index >= 15 is 0 Å². The Hall–Kier alpha value is -2.63. The van der Waals surface area contributed by atoms with Gasteiger partial charge in [0.15, 0.2) is 0 Å². The first-order valence-corrected chi connectivity index (χ1v) is 8.43. The molecule has 3 N–H and O–H groups in total. The summed E-state index contributed by atoms with van der Waals surface area (Å²) in [6, 6.07) is 9.88. The number of amides is 1. The Morgan fingerprint density at radius 2 is 1.92 bits per heavy atom. The maximum absolute atomic E-state index is 11.2. The summed E-state index contributed by atoms with van der Waals surface area (Å²) in [6.45, 7) is 1.49. The van der Waals surface area contributed by atoms with Gasteiger partial charge in [0.2, 0.25) is 11.9 Å². The highest BCUT2D eigenvalue weighted by atomic mass is 16.1. The largest absolute Gasteiger partial charge is 0.367 e. The van der Waals surface area contributed by atoms with Crippen LogP contribution in [0.1, 0.15) is 39.0 Å². The lowest BCUT2D eigenvalue weighted by Crippen LogP contribution is -2.22. The van der Waals surface area contributed by atoms with Gasteiger partial charge in [-0.3, -0.25) is 4.79 Å². The molecule has 1 heterocycles. The number of benzene rings is 1. The van der Waals surface area contributed by atoms with Gasteiger partial charge in [0.1, 0.15) is 5.82 Å². The minimum atomic E-state index is -0.0953. The van der Waals surface area contributed by atoms with Crippen LogP contribution in [-0.2, 0) is 4.79 Å². The third kappa shape index (κ3) is 4.68. The predicted octanol–water partition coefficient (Wildman–Crippen LogP) is 3.92. The maximum Gasteiger partial charge on any atom is 0.229 e. The van der Waals surface area contributed by atoms with Crippen LogP contribution in [0.3, 0.4) is 0 Å². The van der Waals surface area contributed by atoms with Crippen molar-refractivity contribution < 1.29 is 4.79 Å². The molecule has 6 nitrogen and oxygen atoms in total. The van der Waals surface area contributed by atoms with Crippen molar-refractivity contribution in [1.82, 2.24) is 9.97 Å². The van der Waals surface area contributed by atoms with E-state index in [4.69, 9.17) is 0 Å². The summed E-state index contributed by atoms with van der Waals surface area (Å²) >= 11 is 0. The fourth-order valence-corrected chi connectivity index (χ4v) is 2.96. The summed E-state index contributed by atoms with van der Waals surface area (Å²) in [4.78, 5) is 20.0. The van der Waals surface area contributed by atoms with E-state index in [0.29, 0.717) is 12.0 Å². The molecule has 1 aromatic carbocycles. The number of carbonyl (C=O) groups is 1. The zero-order valence-corrected chi connectivity index (χ0v) is 13.9. The molecule has 1 saturated carbocycles. The van der Waals surface area contributed by atoms with Gasteiger partial charge in [-0.15, -0.1) is 0 Å². The van der Waals surface area contributed by atoms with Crippen LogP contribution in [0.2, 0.25) is 0 Å². The molecule has 0 atom stereocenters. The Balaban J connectivity index is 1.66. The zero-order valence-electron chi connectivity index (χ0n) is 13.9. The Labute approximate surface area is 142 Å². The molecule has 0 spiro atoms. The molecule has 1 amide bonds. The maximum atomic E-state index is 11.2. The highest BCUT2D eigenvalue weighted by Gasteiger charge is 2.13. The van der Waals surface area contributed by atoms with Gasteiger partial charge in [0.25, 0.3) is 0 Å². The second-order valence-electron chi connectivity index (χ2n) is 6.13. The number of anilines is 4. The van der Waals surface area contributed by atoms with Crippen LogP contribution in [0, 0.1) is 0 Å². The summed E-state index contributed by atoms with van der Waals surface area (Å²) in [5.41, 5.74) is 1.57. The molecule has 3 rings (SSSR count). The molecule has 0 saturated heterocycles. The lowest BCUT2D eigenvalue weighted by Gasteiger charge is -2.23. The monoisotopic (exact) mass is 325 g/mol. The van der Waals surface area contributed by atoms with Gasteiger partial charge in [-0.2, -0.15) is 4.98 Å². The SMILES string of the molecule is CC(=O)Nc1cccc(Nc2nccc(NC3CCCCC3)n2)c1. The molecular formula is C18H23N5O. The number of nitrogens with one attached hydrogen (secondary N) is 3. The van der Waals surface area contributed by atoms with E-state index in [-0.39, 0.29) is 5.91 Å². The van der Waals surface area contributed by atoms with E-state index in [1.807, 2.05) is 30.3 Å². The summed E-state index contributed by atoms with van der Waals surface area (Å²) in [6.07, 6.45) is 8.04. The fraction of sp³-hybridized carbons (Fsp3) is 0.389. The zero-order chi connectivity index (χ0) is 16.8. The lowest BCUT2D eigenvalue weighted by molar-refractivity contribution is -0.114. The van der Waals surface area contributed by atoms with Gasteiger partial charge < -0.3 is 16.0 Å². The van der Waals surface area contributed by atoms with Crippen molar-refractivity contribution in [2.45, 2.75) is 45.1 Å². The molecule has 24 heavy (non-hydrogen) atoms. The topological polar surface area (TPSA) is 78.9 Å². The molecule has 1 aliphatic rings. The Morgan fingerprint density at radius 3 is 2.71 bits per heavy atom. The van der Waals surface area contributed by atoms with Gasteiger partial charge >= 0.3 is 0 Å². The number of aromatic nitrogens is 2. The van der Waals surface area contributed by atoms with Crippen molar-refractivity contribution in [1.29, 1.82) is 0 Å². The molecule has 0 radical (unpaired) electrons. The highest BCUT2D eigenvalue weighted by Crippen LogP contribution is 2.22. The Morgan fingerprint density at radius 1 is 1.12 bits per heavy atom. The molecule has 1 aromatic heterocycles. The van der Waals surface area contributed by atoms with E-state index in [0.717, 1.165) is 17.2 Å². The lowest BCUT2D eigenvalue weighted by atomic mass is 9.95. The number of rotatable bonds is 5. The Kier molecular flexibility index (Phi) is 5.25. The van der Waals surface area contributed by atoms with E-state index in [1.54, 1.807) is 6.20 Å². The van der Waals surface area contributed by atoms with Crippen LogP contribution >= 0.6 is 0 Å². The van der Waals surface area contributed by atoms with Crippen LogP contribution in [-0.4, -0.2) is 21.9 Å². The standard InChI is InChI=1S/C18H23N5O/c1-13(24)20-15-8-5-9-16(12-15)22-18-19-11-10-17(23-18)21-14-6-3-2-4-7-14/h5,8-12,14H,2-4,6-7H2,1H3,(H,20,24)(H2,19,21,22,23). The molecule has 0 aliphatic heterocycles. The average molecular weight is 325 g/mol. The molecule has 126 valence electrons. The van der Waals surface area contributed by atoms with Gasteiger partial charge in [0.05, 0.1) is 0 Å². The summed E-state index contributed by atoms with van der Waals surface area (Å²) in [5.74, 6) is 1.29. The van der Waals surface area contributed by atoms with Gasteiger partial charge in [-0.1, -0.05) is 25.3 Å². The van der Waals surface area contributed by atoms with Crippen LogP contribution in [0.25, 0.3) is 0 Å². The normalized spacial score (nSPS) is 14.9. The summed E-state index contributed by atoms with van der Waals surface area (Å²) < 4.78 is 0. The fourth-order valence-electron chi connectivity index (χ4n) is 2.96. The van der Waals surface area contributed by atoms with E-state index in [9.17, 15) is 4.79 Å². The number of hydrogen-bond donors (Lipinski definition) is 3. The third-order valence-electron chi connectivity index (χ3n) is 4.05. The predicted molar refractivity (Wildman–Crippen MR) is 96.6 cm³/mol. The molecule has 2 aromatic rings. The van der Waals surface area contributed by atoms with Crippen molar-refractivity contribution in [2.75, 3.05) is 16.0 Å². The number of carbonyl (C=O) groups excluding carboxylic acids is 1. The average Bonchev–Trinajstić information content (AvgIpc) is 2.56. The molecule has 1 aliphatic carbocycles. The van der Waals surface area contributed by atoms with Crippen molar-refractivity contribution >= 4 is 29.0 Å². The van der Waals surface area contributed by atoms with Crippen LogP contribution in [0.5, 0.6) is 0 Å². The third-order valence-corrected chi connectivity index (χ3v) is 4.05. The minimum absolute atomic E-state index is 0.0953. The number of nitrogens with zero attached hydrogens (tertiary/aromatic N) is 2. The van der Waals surface area contributed by atoms with E-state index in [1.165, 1.54) is 39.0 Å². The second kappa shape index (κ2) is 7.77. The van der Waals surface area contributed by atoms with Crippen LogP contribution < -0.4 is 16.0 Å². The first kappa shape index (κ1) is 16.2. The minimum Gasteiger partial charge on any atom is -0.367 e. The summed E-state index contributed by atoms with van der Waals surface area (Å²) in [5, 5.41) is 9.44. The number of hydrogen-bond acceptors (Lipinski definition) is 5. The molecule has 0 bridgehead atoms. The first-order chi connectivity index (χ1) is 11.7. The van der Waals surface area contributed by atoms with Crippen molar-refractivity contribution in [3.8, 4) is 0 Å². The molecule has 6 heteroatoms. The molecular weight excluding hydrogens is 302 g/mol. The quantitative estimate of drug-likeness (QED) is 0.776. The van der Waals surface area contributed by atoms with E-state index in [2.05, 4.69) is 25.9 Å². The van der Waals surface area contributed by atoms with Crippen molar-refractivity contribution in [3.05, 3.63) is 36.5 Å². The van der Waals surface area contributed by atoms with E-state index < -0.39 is 0 Å². The van der Waals surface area contributed by atoms with Gasteiger partial charge in [-0.25, -0.2) is 4.98 Å². The highest BCUT2D eigenvalue weighted by molar-refractivity contribution is 5.89. The molecule has 0 unspecified atom stereocenters. The Bertz CT molecular complexity index is 697.